The molecule has 0 aromatic heterocycles. The zero-order valence-corrected chi connectivity index (χ0v) is 12.2. The summed E-state index contributed by atoms with van der Waals surface area (Å²) in [6.45, 7) is 4.21. The zero-order chi connectivity index (χ0) is 15.1. The molecule has 1 rings (SSSR count). The van der Waals surface area contributed by atoms with E-state index >= 15 is 0 Å². The van der Waals surface area contributed by atoms with E-state index in [-0.39, 0.29) is 24.3 Å². The fourth-order valence-corrected chi connectivity index (χ4v) is 2.46. The number of nitrogens with zero attached hydrogens (tertiary/aromatic N) is 1. The SMILES string of the molecule is CCC(=O)N1CCCCC1C(=O)NC(C)CCC(=O)O. The quantitative estimate of drug-likeness (QED) is 0.766. The number of carbonyl (C=O) groups excluding carboxylic acids is 2. The van der Waals surface area contributed by atoms with Crippen LogP contribution in [0.15, 0.2) is 0 Å². The van der Waals surface area contributed by atoms with Gasteiger partial charge in [0.15, 0.2) is 0 Å². The molecule has 0 aromatic rings. The maximum atomic E-state index is 12.2. The van der Waals surface area contributed by atoms with Crippen molar-refractivity contribution in [2.24, 2.45) is 0 Å². The first-order valence-electron chi connectivity index (χ1n) is 7.27. The van der Waals surface area contributed by atoms with Crippen molar-refractivity contribution >= 4 is 17.8 Å². The van der Waals surface area contributed by atoms with Gasteiger partial charge in [-0.05, 0) is 32.6 Å². The van der Waals surface area contributed by atoms with Crippen molar-refractivity contribution in [3.63, 3.8) is 0 Å². The number of rotatable bonds is 6. The predicted molar refractivity (Wildman–Crippen MR) is 74.1 cm³/mol. The van der Waals surface area contributed by atoms with E-state index < -0.39 is 12.0 Å². The number of carboxylic acid groups (broad SMARTS) is 1. The molecule has 1 aliphatic rings. The van der Waals surface area contributed by atoms with Gasteiger partial charge >= 0.3 is 5.97 Å². The van der Waals surface area contributed by atoms with E-state index in [4.69, 9.17) is 5.11 Å². The number of aliphatic carboxylic acids is 1. The zero-order valence-electron chi connectivity index (χ0n) is 12.2. The van der Waals surface area contributed by atoms with Crippen molar-refractivity contribution in [1.82, 2.24) is 10.2 Å². The van der Waals surface area contributed by atoms with Gasteiger partial charge in [-0.3, -0.25) is 14.4 Å². The highest BCUT2D eigenvalue weighted by Crippen LogP contribution is 2.18. The van der Waals surface area contributed by atoms with Crippen LogP contribution in [0.3, 0.4) is 0 Å². The Balaban J connectivity index is 2.54. The van der Waals surface area contributed by atoms with Crippen molar-refractivity contribution in [2.75, 3.05) is 6.54 Å². The summed E-state index contributed by atoms with van der Waals surface area (Å²) in [5.74, 6) is -1.03. The molecular formula is C14H24N2O4. The molecule has 114 valence electrons. The van der Waals surface area contributed by atoms with Crippen molar-refractivity contribution in [1.29, 1.82) is 0 Å². The maximum absolute atomic E-state index is 12.2. The number of amides is 2. The normalized spacial score (nSPS) is 20.3. The maximum Gasteiger partial charge on any atom is 0.303 e. The summed E-state index contributed by atoms with van der Waals surface area (Å²) in [6, 6.07) is -0.595. The molecule has 2 amide bonds. The average molecular weight is 284 g/mol. The largest absolute Gasteiger partial charge is 0.481 e. The molecule has 0 spiro atoms. The van der Waals surface area contributed by atoms with Gasteiger partial charge in [0.1, 0.15) is 6.04 Å². The summed E-state index contributed by atoms with van der Waals surface area (Å²) in [4.78, 5) is 36.2. The predicted octanol–water partition coefficient (Wildman–Crippen LogP) is 1.15. The molecule has 0 aromatic carbocycles. The van der Waals surface area contributed by atoms with E-state index in [0.717, 1.165) is 12.8 Å². The standard InChI is InChI=1S/C14H24N2O4/c1-3-12(17)16-9-5-4-6-11(16)14(20)15-10(2)7-8-13(18)19/h10-11H,3-9H2,1-2H3,(H,15,20)(H,18,19). The summed E-state index contributed by atoms with van der Waals surface area (Å²) in [5.41, 5.74) is 0. The van der Waals surface area contributed by atoms with Gasteiger partial charge in [0.25, 0.3) is 0 Å². The van der Waals surface area contributed by atoms with Crippen LogP contribution in [0.5, 0.6) is 0 Å². The van der Waals surface area contributed by atoms with Crippen molar-refractivity contribution in [3.05, 3.63) is 0 Å². The molecule has 2 N–H and O–H groups in total. The van der Waals surface area contributed by atoms with Crippen LogP contribution in [0.2, 0.25) is 0 Å². The Labute approximate surface area is 119 Å². The minimum absolute atomic E-state index is 0.00281. The first-order valence-corrected chi connectivity index (χ1v) is 7.27. The summed E-state index contributed by atoms with van der Waals surface area (Å²) in [6.07, 6.45) is 3.39. The van der Waals surface area contributed by atoms with Gasteiger partial charge in [-0.1, -0.05) is 6.92 Å². The molecule has 0 saturated carbocycles. The van der Waals surface area contributed by atoms with Crippen molar-refractivity contribution < 1.29 is 19.5 Å². The summed E-state index contributed by atoms with van der Waals surface area (Å²) in [5, 5.41) is 11.4. The first kappa shape index (κ1) is 16.5. The van der Waals surface area contributed by atoms with Crippen LogP contribution in [0.4, 0.5) is 0 Å². The highest BCUT2D eigenvalue weighted by Gasteiger charge is 2.31. The fourth-order valence-electron chi connectivity index (χ4n) is 2.46. The topological polar surface area (TPSA) is 86.7 Å². The third-order valence-electron chi connectivity index (χ3n) is 3.61. The van der Waals surface area contributed by atoms with Gasteiger partial charge < -0.3 is 15.3 Å². The molecule has 20 heavy (non-hydrogen) atoms. The Hall–Kier alpha value is -1.59. The van der Waals surface area contributed by atoms with Crippen LogP contribution in [0.1, 0.15) is 52.4 Å². The van der Waals surface area contributed by atoms with E-state index in [9.17, 15) is 14.4 Å². The second-order valence-electron chi connectivity index (χ2n) is 5.29. The van der Waals surface area contributed by atoms with Crippen LogP contribution >= 0.6 is 0 Å². The minimum atomic E-state index is -0.869. The fraction of sp³-hybridized carbons (Fsp3) is 0.786. The van der Waals surface area contributed by atoms with Crippen LogP contribution in [-0.2, 0) is 14.4 Å². The molecule has 6 nitrogen and oxygen atoms in total. The number of piperidine rings is 1. The summed E-state index contributed by atoms with van der Waals surface area (Å²) < 4.78 is 0. The lowest BCUT2D eigenvalue weighted by molar-refractivity contribution is -0.142. The highest BCUT2D eigenvalue weighted by molar-refractivity contribution is 5.88. The molecule has 0 bridgehead atoms. The molecule has 2 atom stereocenters. The molecule has 1 heterocycles. The second-order valence-corrected chi connectivity index (χ2v) is 5.29. The Kier molecular flexibility index (Phi) is 6.48. The number of carbonyl (C=O) groups is 3. The van der Waals surface area contributed by atoms with Gasteiger partial charge in [0.2, 0.25) is 11.8 Å². The number of hydrogen-bond acceptors (Lipinski definition) is 3. The third-order valence-corrected chi connectivity index (χ3v) is 3.61. The summed E-state index contributed by atoms with van der Waals surface area (Å²) in [7, 11) is 0. The Morgan fingerprint density at radius 2 is 2.05 bits per heavy atom. The average Bonchev–Trinajstić information content (AvgIpc) is 2.44. The van der Waals surface area contributed by atoms with Crippen LogP contribution < -0.4 is 5.32 Å². The van der Waals surface area contributed by atoms with Crippen molar-refractivity contribution in [3.8, 4) is 0 Å². The number of hydrogen-bond donors (Lipinski definition) is 2. The van der Waals surface area contributed by atoms with Crippen molar-refractivity contribution in [2.45, 2.75) is 64.5 Å². The Bertz CT molecular complexity index is 370. The molecule has 0 aliphatic carbocycles. The number of carboxylic acids is 1. The van der Waals surface area contributed by atoms with Crippen LogP contribution in [-0.4, -0.2) is 46.4 Å². The van der Waals surface area contributed by atoms with Gasteiger partial charge in [0, 0.05) is 25.4 Å². The number of likely N-dealkylation sites (tertiary alicyclic amines) is 1. The van der Waals surface area contributed by atoms with Crippen LogP contribution in [0, 0.1) is 0 Å². The molecular weight excluding hydrogens is 260 g/mol. The van der Waals surface area contributed by atoms with E-state index in [1.165, 1.54) is 0 Å². The third kappa shape index (κ3) is 4.83. The first-order chi connectivity index (χ1) is 9.45. The van der Waals surface area contributed by atoms with Crippen LogP contribution in [0.25, 0.3) is 0 Å². The molecule has 1 fully saturated rings. The summed E-state index contributed by atoms with van der Waals surface area (Å²) >= 11 is 0. The van der Waals surface area contributed by atoms with E-state index in [1.807, 2.05) is 0 Å². The van der Waals surface area contributed by atoms with Gasteiger partial charge in [0.05, 0.1) is 0 Å². The number of nitrogens with one attached hydrogen (secondary N) is 1. The Morgan fingerprint density at radius 1 is 1.35 bits per heavy atom. The lowest BCUT2D eigenvalue weighted by atomic mass is 10.0. The van der Waals surface area contributed by atoms with E-state index in [1.54, 1.807) is 18.7 Å². The van der Waals surface area contributed by atoms with Gasteiger partial charge in [-0.2, -0.15) is 0 Å². The van der Waals surface area contributed by atoms with Gasteiger partial charge in [-0.25, -0.2) is 0 Å². The van der Waals surface area contributed by atoms with E-state index in [2.05, 4.69) is 5.32 Å². The molecule has 2 unspecified atom stereocenters. The Morgan fingerprint density at radius 3 is 2.65 bits per heavy atom. The molecule has 6 heteroatoms. The van der Waals surface area contributed by atoms with Gasteiger partial charge in [-0.15, -0.1) is 0 Å². The highest BCUT2D eigenvalue weighted by atomic mass is 16.4. The lowest BCUT2D eigenvalue weighted by Gasteiger charge is -2.35. The smallest absolute Gasteiger partial charge is 0.303 e. The monoisotopic (exact) mass is 284 g/mol. The minimum Gasteiger partial charge on any atom is -0.481 e. The molecule has 1 aliphatic heterocycles. The molecule has 0 radical (unpaired) electrons. The van der Waals surface area contributed by atoms with E-state index in [0.29, 0.717) is 25.8 Å². The second kappa shape index (κ2) is 7.87. The molecule has 1 saturated heterocycles. The lowest BCUT2D eigenvalue weighted by Crippen LogP contribution is -2.53.